The van der Waals surface area contributed by atoms with E-state index in [1.165, 1.54) is 11.3 Å². The molecule has 3 heterocycles. The Morgan fingerprint density at radius 1 is 1.37 bits per heavy atom. The first-order chi connectivity index (χ1) is 13.0. The second-order valence-corrected chi connectivity index (χ2v) is 7.27. The van der Waals surface area contributed by atoms with Crippen LogP contribution in [0.2, 0.25) is 0 Å². The van der Waals surface area contributed by atoms with Crippen LogP contribution in [0.4, 0.5) is 0 Å². The summed E-state index contributed by atoms with van der Waals surface area (Å²) in [5.74, 6) is 1.45. The largest absolute Gasteiger partial charge is 0.494 e. The van der Waals surface area contributed by atoms with Crippen molar-refractivity contribution in [1.29, 1.82) is 0 Å². The van der Waals surface area contributed by atoms with Gasteiger partial charge in [0.15, 0.2) is 12.1 Å². The highest BCUT2D eigenvalue weighted by molar-refractivity contribution is 5.96. The zero-order valence-electron chi connectivity index (χ0n) is 15.7. The molecule has 2 saturated heterocycles. The summed E-state index contributed by atoms with van der Waals surface area (Å²) in [6.45, 7) is 3.14. The average molecular weight is 369 g/mol. The quantitative estimate of drug-likeness (QED) is 0.809. The third-order valence-corrected chi connectivity index (χ3v) is 5.46. The molecule has 7 nitrogen and oxygen atoms in total. The van der Waals surface area contributed by atoms with E-state index >= 15 is 0 Å². The van der Waals surface area contributed by atoms with E-state index in [0.29, 0.717) is 41.8 Å². The number of aromatic nitrogens is 1. The van der Waals surface area contributed by atoms with E-state index < -0.39 is 0 Å². The molecule has 3 fully saturated rings. The number of hydrogen-bond donors (Lipinski definition) is 0. The first-order valence-electron chi connectivity index (χ1n) is 9.20. The van der Waals surface area contributed by atoms with Gasteiger partial charge in [-0.25, -0.2) is 4.98 Å². The number of ether oxygens (including phenoxy) is 1. The van der Waals surface area contributed by atoms with Crippen LogP contribution in [0.15, 0.2) is 35.1 Å². The molecule has 1 aromatic heterocycles. The van der Waals surface area contributed by atoms with Gasteiger partial charge in [-0.1, -0.05) is 6.07 Å². The fourth-order valence-corrected chi connectivity index (χ4v) is 4.16. The number of fused-ring (bicyclic) bond motifs is 1. The minimum Gasteiger partial charge on any atom is -0.494 e. The lowest BCUT2D eigenvalue weighted by molar-refractivity contribution is 0.0728. The Hall–Kier alpha value is -2.83. The number of benzene rings is 1. The molecule has 1 saturated carbocycles. The molecular formula is C20H23N3O4. The van der Waals surface area contributed by atoms with Gasteiger partial charge in [0, 0.05) is 38.2 Å². The van der Waals surface area contributed by atoms with Crippen molar-refractivity contribution in [2.24, 2.45) is 5.92 Å². The topological polar surface area (TPSA) is 75.9 Å². The number of carbonyl (C=O) groups is 2. The van der Waals surface area contributed by atoms with Gasteiger partial charge in [-0.2, -0.15) is 0 Å². The van der Waals surface area contributed by atoms with Crippen LogP contribution in [-0.2, 0) is 0 Å². The van der Waals surface area contributed by atoms with Crippen molar-refractivity contribution in [2.45, 2.75) is 25.3 Å². The van der Waals surface area contributed by atoms with Crippen LogP contribution in [0.3, 0.4) is 0 Å². The highest BCUT2D eigenvalue weighted by Crippen LogP contribution is 2.53. The van der Waals surface area contributed by atoms with Gasteiger partial charge in [0.25, 0.3) is 11.8 Å². The number of nitrogens with zero attached hydrogens (tertiary/aromatic N) is 3. The summed E-state index contributed by atoms with van der Waals surface area (Å²) in [5, 5.41) is 0. The maximum atomic E-state index is 13.0. The molecule has 0 spiro atoms. The molecule has 5 rings (SSSR count). The molecule has 2 aliphatic heterocycles. The molecule has 0 radical (unpaired) electrons. The van der Waals surface area contributed by atoms with Gasteiger partial charge >= 0.3 is 0 Å². The fraction of sp³-hybridized carbons (Fsp3) is 0.450. The lowest BCUT2D eigenvalue weighted by Crippen LogP contribution is -2.40. The van der Waals surface area contributed by atoms with Gasteiger partial charge in [-0.15, -0.1) is 0 Å². The summed E-state index contributed by atoms with van der Waals surface area (Å²) in [5.41, 5.74) is 0.974. The molecular weight excluding hydrogens is 346 g/mol. The lowest BCUT2D eigenvalue weighted by atomic mass is 9.72. The average Bonchev–Trinajstić information content (AvgIpc) is 3.35. The van der Waals surface area contributed by atoms with Crippen LogP contribution >= 0.6 is 0 Å². The third kappa shape index (κ3) is 2.87. The fourth-order valence-electron chi connectivity index (χ4n) is 4.16. The lowest BCUT2D eigenvalue weighted by Gasteiger charge is -2.35. The van der Waals surface area contributed by atoms with E-state index in [9.17, 15) is 9.59 Å². The maximum Gasteiger partial charge on any atom is 0.275 e. The van der Waals surface area contributed by atoms with Crippen molar-refractivity contribution >= 4 is 11.8 Å². The van der Waals surface area contributed by atoms with Crippen molar-refractivity contribution < 1.29 is 18.7 Å². The second kappa shape index (κ2) is 6.72. The Morgan fingerprint density at radius 2 is 2.19 bits per heavy atom. The van der Waals surface area contributed by atoms with Crippen LogP contribution in [0.25, 0.3) is 0 Å². The van der Waals surface area contributed by atoms with Gasteiger partial charge in [-0.05, 0) is 37.5 Å². The minimum atomic E-state index is -0.174. The Morgan fingerprint density at radius 3 is 2.93 bits per heavy atom. The van der Waals surface area contributed by atoms with Crippen LogP contribution in [0.5, 0.6) is 5.75 Å². The number of hydrogen-bond acceptors (Lipinski definition) is 5. The van der Waals surface area contributed by atoms with E-state index in [-0.39, 0.29) is 23.8 Å². The van der Waals surface area contributed by atoms with Gasteiger partial charge in [0.1, 0.15) is 11.5 Å². The highest BCUT2D eigenvalue weighted by atomic mass is 16.5. The van der Waals surface area contributed by atoms with Crippen molar-refractivity contribution in [2.75, 3.05) is 27.2 Å². The summed E-state index contributed by atoms with van der Waals surface area (Å²) in [6.07, 6.45) is 2.25. The molecule has 2 aromatic rings. The first-order valence-corrected chi connectivity index (χ1v) is 9.20. The highest BCUT2D eigenvalue weighted by Gasteiger charge is 2.56. The van der Waals surface area contributed by atoms with Gasteiger partial charge in [-0.3, -0.25) is 9.59 Å². The van der Waals surface area contributed by atoms with Gasteiger partial charge < -0.3 is 19.0 Å². The Balaban J connectivity index is 1.55. The van der Waals surface area contributed by atoms with Crippen molar-refractivity contribution in [3.63, 3.8) is 0 Å². The predicted molar refractivity (Wildman–Crippen MR) is 97.8 cm³/mol. The summed E-state index contributed by atoms with van der Waals surface area (Å²) >= 11 is 0. The second-order valence-electron chi connectivity index (χ2n) is 7.27. The number of carbonyl (C=O) groups excluding carboxylic acids is 2. The first kappa shape index (κ1) is 17.6. The van der Waals surface area contributed by atoms with E-state index in [0.717, 1.165) is 6.42 Å². The Bertz CT molecular complexity index is 876. The number of oxazole rings is 1. The zero-order chi connectivity index (χ0) is 19.1. The SMILES string of the molecule is CCOc1cccc(C(=O)N2CC3CC2C3c2ocnc2C(=O)N(C)C)c1. The number of amides is 2. The normalized spacial score (nSPS) is 23.1. The molecule has 2 amide bonds. The van der Waals surface area contributed by atoms with Crippen LogP contribution in [0.1, 0.15) is 45.9 Å². The molecule has 0 N–H and O–H groups in total. The molecule has 142 valence electrons. The summed E-state index contributed by atoms with van der Waals surface area (Å²) in [4.78, 5) is 32.9. The van der Waals surface area contributed by atoms with E-state index in [1.807, 2.05) is 30.0 Å². The minimum absolute atomic E-state index is 0.00782. The van der Waals surface area contributed by atoms with Crippen molar-refractivity contribution in [1.82, 2.24) is 14.8 Å². The molecule has 3 atom stereocenters. The monoisotopic (exact) mass is 369 g/mol. The number of rotatable bonds is 5. The van der Waals surface area contributed by atoms with Crippen LogP contribution in [-0.4, -0.2) is 59.9 Å². The molecule has 1 aliphatic carbocycles. The van der Waals surface area contributed by atoms with Gasteiger partial charge in [0.05, 0.1) is 6.61 Å². The summed E-state index contributed by atoms with van der Waals surface area (Å²) in [7, 11) is 3.38. The van der Waals surface area contributed by atoms with E-state index in [4.69, 9.17) is 9.15 Å². The third-order valence-electron chi connectivity index (χ3n) is 5.46. The maximum absolute atomic E-state index is 13.0. The Kier molecular flexibility index (Phi) is 4.37. The van der Waals surface area contributed by atoms with Gasteiger partial charge in [0.2, 0.25) is 0 Å². The molecule has 3 unspecified atom stereocenters. The van der Waals surface area contributed by atoms with Crippen molar-refractivity contribution in [3.05, 3.63) is 47.7 Å². The van der Waals surface area contributed by atoms with E-state index in [1.54, 1.807) is 20.2 Å². The summed E-state index contributed by atoms with van der Waals surface area (Å²) in [6, 6.07) is 7.32. The van der Waals surface area contributed by atoms with Crippen LogP contribution < -0.4 is 4.74 Å². The Labute approximate surface area is 157 Å². The molecule has 2 bridgehead atoms. The smallest absolute Gasteiger partial charge is 0.275 e. The van der Waals surface area contributed by atoms with E-state index in [2.05, 4.69) is 4.98 Å². The predicted octanol–water partition coefficient (Wildman–Crippen LogP) is 2.40. The molecule has 7 heteroatoms. The zero-order valence-corrected chi connectivity index (χ0v) is 15.7. The van der Waals surface area contributed by atoms with Crippen LogP contribution in [0, 0.1) is 5.92 Å². The molecule has 3 aliphatic rings. The molecule has 1 aromatic carbocycles. The standard InChI is InChI=1S/C20H23N3O4/c1-4-26-14-7-5-6-12(8-14)19(24)23-10-13-9-15(23)16(13)18-17(21-11-27-18)20(25)22(2)3/h5-8,11,13,15-16H,4,9-10H2,1-3H3. The molecule has 27 heavy (non-hydrogen) atoms. The summed E-state index contributed by atoms with van der Waals surface area (Å²) < 4.78 is 11.1. The van der Waals surface area contributed by atoms with Crippen molar-refractivity contribution in [3.8, 4) is 5.75 Å².